The Kier molecular flexibility index (Phi) is 15.5. The highest BCUT2D eigenvalue weighted by molar-refractivity contribution is 7.46. The number of phosphoric ester groups is 1. The Morgan fingerprint density at radius 2 is 1.14 bits per heavy atom. The van der Waals surface area contributed by atoms with Gasteiger partial charge in [-0.3, -0.25) is 4.52 Å². The summed E-state index contributed by atoms with van der Waals surface area (Å²) in [6.07, 6.45) is -47.4. The molecule has 0 aromatic heterocycles. The molecule has 0 amide bonds. The molecule has 0 aromatic rings. The summed E-state index contributed by atoms with van der Waals surface area (Å²) in [5, 5.41) is 155. The number of phosphoric acid groups is 1. The lowest BCUT2D eigenvalue weighted by Crippen LogP contribution is -2.68. The van der Waals surface area contributed by atoms with E-state index in [1.165, 1.54) is 0 Å². The van der Waals surface area contributed by atoms with E-state index in [1.54, 1.807) is 0 Å². The van der Waals surface area contributed by atoms with Gasteiger partial charge < -0.3 is 120 Å². The van der Waals surface area contributed by atoms with Crippen LogP contribution in [-0.4, -0.2) is 246 Å². The molecule has 0 saturated carbocycles. The molecule has 0 spiro atoms. The Morgan fingerprint density at radius 3 is 1.67 bits per heavy atom. The van der Waals surface area contributed by atoms with Crippen molar-refractivity contribution in [3.05, 3.63) is 0 Å². The fraction of sp³-hybridized carbons (Fsp3) is 0.889. The smallest absolute Gasteiger partial charge is 0.469 e. The van der Waals surface area contributed by atoms with Gasteiger partial charge in [-0.05, 0) is 0 Å². The number of carbonyl (C=O) groups is 3. The average molecular weight is 863 g/mol. The SMILES string of the molecule is O=C(O)[C@H]1O[C@H](O[C@@H]2[C@H](O)[C@@H](O)[C@@H](O[C@@H]3CC(O)(C(=O)O)O[C@H]([C@H](O)CO)[C@@H]3OC3O[C@H]([C@H](O)COP(=O)(O)O)[C@@H](O)[C@H](O)[C@@H]3O)O[C@@H]2C(=O)O)[C@H](O)[C@@H](O)[C@H]1O. The topological polar surface area (TPSA) is 486 Å². The third-order valence-corrected chi connectivity index (χ3v) is 9.78. The van der Waals surface area contributed by atoms with E-state index in [9.17, 15) is 95.5 Å². The fourth-order valence-electron chi connectivity index (χ4n) is 6.29. The number of aliphatic hydroxyl groups excluding tert-OH is 11. The molecule has 4 aliphatic heterocycles. The van der Waals surface area contributed by atoms with E-state index in [4.69, 9.17) is 42.9 Å². The van der Waals surface area contributed by atoms with Gasteiger partial charge >= 0.3 is 25.7 Å². The third kappa shape index (κ3) is 10.4. The highest BCUT2D eigenvalue weighted by atomic mass is 31.2. The number of aliphatic hydroxyl groups is 12. The van der Waals surface area contributed by atoms with E-state index >= 15 is 0 Å². The molecule has 0 radical (unpaired) electrons. The van der Waals surface area contributed by atoms with Gasteiger partial charge in [-0.2, -0.15) is 0 Å². The van der Waals surface area contributed by atoms with Gasteiger partial charge in [0.1, 0.15) is 85.5 Å². The molecular weight excluding hydrogens is 819 g/mol. The predicted octanol–water partition coefficient (Wildman–Crippen LogP) is -10.2. The third-order valence-electron chi connectivity index (χ3n) is 9.29. The van der Waals surface area contributed by atoms with Crippen LogP contribution in [0.15, 0.2) is 0 Å². The second-order valence-electron chi connectivity index (χ2n) is 13.3. The molecule has 4 saturated heterocycles. The summed E-state index contributed by atoms with van der Waals surface area (Å²) < 4.78 is 52.3. The first kappa shape index (κ1) is 47.4. The van der Waals surface area contributed by atoms with Crippen LogP contribution in [0.4, 0.5) is 0 Å². The monoisotopic (exact) mass is 862 g/mol. The quantitative estimate of drug-likeness (QED) is 0.0680. The van der Waals surface area contributed by atoms with Crippen molar-refractivity contribution in [1.29, 1.82) is 0 Å². The minimum absolute atomic E-state index is 1.25. The number of aliphatic carboxylic acids is 3. The van der Waals surface area contributed by atoms with E-state index in [-0.39, 0.29) is 0 Å². The number of carboxylic acid groups (broad SMARTS) is 3. The molecule has 30 heteroatoms. The van der Waals surface area contributed by atoms with Gasteiger partial charge in [0.2, 0.25) is 0 Å². The van der Waals surface area contributed by atoms with Crippen LogP contribution in [0.1, 0.15) is 6.42 Å². The van der Waals surface area contributed by atoms with Crippen molar-refractivity contribution >= 4 is 25.7 Å². The van der Waals surface area contributed by atoms with Gasteiger partial charge in [0, 0.05) is 6.42 Å². The fourth-order valence-corrected chi connectivity index (χ4v) is 6.64. The van der Waals surface area contributed by atoms with Crippen LogP contribution < -0.4 is 0 Å². The van der Waals surface area contributed by atoms with Crippen molar-refractivity contribution in [2.75, 3.05) is 13.2 Å². The van der Waals surface area contributed by atoms with Crippen molar-refractivity contribution in [2.24, 2.45) is 0 Å². The van der Waals surface area contributed by atoms with Crippen LogP contribution in [0.3, 0.4) is 0 Å². The number of carboxylic acids is 3. The van der Waals surface area contributed by atoms with E-state index in [1.807, 2.05) is 0 Å². The minimum Gasteiger partial charge on any atom is -0.479 e. The maximum absolute atomic E-state index is 12.3. The molecule has 17 N–H and O–H groups in total. The van der Waals surface area contributed by atoms with Crippen LogP contribution in [0, 0.1) is 0 Å². The highest BCUT2D eigenvalue weighted by Gasteiger charge is 2.59. The average Bonchev–Trinajstić information content (AvgIpc) is 3.13. The van der Waals surface area contributed by atoms with Crippen molar-refractivity contribution < 1.29 is 143 Å². The molecule has 4 heterocycles. The van der Waals surface area contributed by atoms with E-state index in [2.05, 4.69) is 4.52 Å². The molecule has 0 aliphatic carbocycles. The molecule has 21 atom stereocenters. The Morgan fingerprint density at radius 1 is 0.649 bits per heavy atom. The summed E-state index contributed by atoms with van der Waals surface area (Å²) in [4.78, 5) is 53.9. The number of hydrogen-bond donors (Lipinski definition) is 17. The molecule has 2 unspecified atom stereocenters. The van der Waals surface area contributed by atoms with Crippen LogP contribution >= 0.6 is 7.82 Å². The van der Waals surface area contributed by atoms with Gasteiger partial charge in [-0.15, -0.1) is 0 Å². The summed E-state index contributed by atoms with van der Waals surface area (Å²) in [5.74, 6) is -9.45. The lowest BCUT2D eigenvalue weighted by molar-refractivity contribution is -0.389. The molecule has 4 rings (SSSR count). The summed E-state index contributed by atoms with van der Waals surface area (Å²) in [5.41, 5.74) is 0. The molecule has 4 fully saturated rings. The molecule has 0 bridgehead atoms. The zero-order valence-electron chi connectivity index (χ0n) is 28.6. The summed E-state index contributed by atoms with van der Waals surface area (Å²) in [6, 6.07) is 0. The zero-order valence-corrected chi connectivity index (χ0v) is 29.5. The largest absolute Gasteiger partial charge is 0.479 e. The predicted molar refractivity (Wildman–Crippen MR) is 163 cm³/mol. The van der Waals surface area contributed by atoms with Gasteiger partial charge in [-0.25, -0.2) is 18.9 Å². The van der Waals surface area contributed by atoms with Crippen LogP contribution in [0.25, 0.3) is 0 Å². The van der Waals surface area contributed by atoms with E-state index < -0.39 is 174 Å². The molecule has 29 nitrogen and oxygen atoms in total. The maximum Gasteiger partial charge on any atom is 0.469 e. The van der Waals surface area contributed by atoms with E-state index in [0.29, 0.717) is 0 Å². The first-order valence-corrected chi connectivity index (χ1v) is 18.0. The molecule has 0 aromatic carbocycles. The number of ether oxygens (including phenoxy) is 7. The number of rotatable bonds is 15. The highest BCUT2D eigenvalue weighted by Crippen LogP contribution is 2.39. The number of hydrogen-bond acceptors (Lipinski definition) is 24. The normalized spacial score (nSPS) is 45.5. The van der Waals surface area contributed by atoms with Gasteiger partial charge in [0.15, 0.2) is 31.1 Å². The van der Waals surface area contributed by atoms with E-state index in [0.717, 1.165) is 0 Å². The second-order valence-corrected chi connectivity index (χ2v) is 14.5. The summed E-state index contributed by atoms with van der Waals surface area (Å²) in [6.45, 7) is -2.55. The van der Waals surface area contributed by atoms with Crippen molar-refractivity contribution in [2.45, 2.75) is 135 Å². The Hall–Kier alpha value is -2.24. The Balaban J connectivity index is 1.65. The zero-order chi connectivity index (χ0) is 43.1. The molecular formula is C27H43O29P. The Labute approximate surface area is 317 Å². The minimum atomic E-state index is -5.23. The second kappa shape index (κ2) is 18.6. The van der Waals surface area contributed by atoms with Crippen LogP contribution in [0.2, 0.25) is 0 Å². The van der Waals surface area contributed by atoms with Gasteiger partial charge in [-0.1, -0.05) is 0 Å². The first-order valence-electron chi connectivity index (χ1n) is 16.5. The maximum atomic E-state index is 12.3. The standard InChI is InChI=1S/C27H43O29P/c28-2-4(29)16-17(52-24-12(36)7(31)9(33)15(51-24)5(30)3-49-57(46,47)48)6(1-27(45,56-16)26(43)44)50-23-14(38)11(35)18(20(55-23)22(41)42)53-25-13(37)8(32)10(34)19(54-25)21(39)40/h4-20,23-25,28-38,45H,1-3H2,(H,39,40)(H,41,42)(H,43,44)(H2,46,47,48)/t4-,5-,6-,7+,8+,9+,10-,11-,12+,13-,14-,15-,16-,17-,18-,19+,20+,23+,24?,25+,27?/m1/s1. The molecule has 57 heavy (non-hydrogen) atoms. The lowest BCUT2D eigenvalue weighted by atomic mass is 9.91. The Bertz CT molecular complexity index is 1450. The summed E-state index contributed by atoms with van der Waals surface area (Å²) >= 11 is 0. The first-order chi connectivity index (χ1) is 26.3. The van der Waals surface area contributed by atoms with Crippen molar-refractivity contribution in [3.63, 3.8) is 0 Å². The van der Waals surface area contributed by atoms with Crippen LogP contribution in [0.5, 0.6) is 0 Å². The van der Waals surface area contributed by atoms with Gasteiger partial charge in [0.25, 0.3) is 5.79 Å². The lowest BCUT2D eigenvalue weighted by Gasteiger charge is -2.50. The molecule has 4 aliphatic rings. The molecule has 330 valence electrons. The van der Waals surface area contributed by atoms with Gasteiger partial charge in [0.05, 0.1) is 19.3 Å². The van der Waals surface area contributed by atoms with Crippen molar-refractivity contribution in [3.8, 4) is 0 Å². The summed E-state index contributed by atoms with van der Waals surface area (Å²) in [7, 11) is -5.23. The van der Waals surface area contributed by atoms with Crippen LogP contribution in [-0.2, 0) is 56.6 Å². The van der Waals surface area contributed by atoms with Crippen molar-refractivity contribution in [1.82, 2.24) is 0 Å².